The molecule has 2 aliphatic heterocycles. The fourth-order valence-corrected chi connectivity index (χ4v) is 4.32. The van der Waals surface area contributed by atoms with Gasteiger partial charge in [-0.2, -0.15) is 13.2 Å². The van der Waals surface area contributed by atoms with Crippen molar-refractivity contribution in [1.29, 1.82) is 0 Å². The number of phenols is 1. The predicted octanol–water partition coefficient (Wildman–Crippen LogP) is 3.35. The number of carbonyl (C=O) groups excluding carboxylic acids is 1. The highest BCUT2D eigenvalue weighted by molar-refractivity contribution is 5.79. The Kier molecular flexibility index (Phi) is 5.87. The topological polar surface area (TPSA) is 68.2 Å². The van der Waals surface area contributed by atoms with Gasteiger partial charge >= 0.3 is 6.18 Å². The lowest BCUT2D eigenvalue weighted by Crippen LogP contribution is -2.63. The summed E-state index contributed by atoms with van der Waals surface area (Å²) >= 11 is 0. The minimum Gasteiger partial charge on any atom is -0.508 e. The summed E-state index contributed by atoms with van der Waals surface area (Å²) in [6.07, 6.45) is 6.40. The van der Waals surface area contributed by atoms with Gasteiger partial charge < -0.3 is 15.3 Å². The summed E-state index contributed by atoms with van der Waals surface area (Å²) in [6.45, 7) is 1.22. The number of halogens is 3. The lowest BCUT2D eigenvalue weighted by molar-refractivity contribution is -0.137. The molecule has 2 aromatic carbocycles. The van der Waals surface area contributed by atoms with Crippen molar-refractivity contribution in [2.75, 3.05) is 24.5 Å². The van der Waals surface area contributed by atoms with Crippen LogP contribution < -0.4 is 10.2 Å². The molecule has 2 aromatic rings. The molecule has 0 bridgehead atoms. The molecule has 6 nitrogen and oxygen atoms in total. The summed E-state index contributed by atoms with van der Waals surface area (Å²) in [4.78, 5) is 19.3. The molecule has 0 saturated carbocycles. The Labute approximate surface area is 189 Å². The fraction of sp³-hybridized carbons (Fsp3) is 0.250. The number of phenolic OH excluding ortho intramolecular Hbond substituents is 1. The van der Waals surface area contributed by atoms with Crippen molar-refractivity contribution in [3.63, 3.8) is 0 Å². The van der Waals surface area contributed by atoms with Crippen molar-refractivity contribution in [2.45, 2.75) is 17.9 Å². The third-order valence-electron chi connectivity index (χ3n) is 5.89. The Hall–Kier alpha value is -3.77. The number of nitrogens with zero attached hydrogens (tertiary/aromatic N) is 3. The number of aliphatic imine (C=N–C) groups is 1. The lowest BCUT2D eigenvalue weighted by Gasteiger charge is -2.48. The Morgan fingerprint density at radius 2 is 2.00 bits per heavy atom. The Balaban J connectivity index is 1.74. The molecule has 33 heavy (non-hydrogen) atoms. The van der Waals surface area contributed by atoms with Crippen LogP contribution in [0.25, 0.3) is 0 Å². The average Bonchev–Trinajstić information content (AvgIpc) is 2.83. The van der Waals surface area contributed by atoms with E-state index in [-0.39, 0.29) is 12.0 Å². The van der Waals surface area contributed by atoms with E-state index in [0.717, 1.165) is 6.07 Å². The third kappa shape index (κ3) is 4.05. The number of rotatable bonds is 4. The van der Waals surface area contributed by atoms with E-state index in [9.17, 15) is 23.1 Å². The highest BCUT2D eigenvalue weighted by atomic mass is 19.4. The number of aldehydes is 1. The number of allylic oxidation sites excluding steroid dienone is 1. The van der Waals surface area contributed by atoms with Gasteiger partial charge in [-0.25, -0.2) is 0 Å². The Morgan fingerprint density at radius 3 is 2.67 bits per heavy atom. The van der Waals surface area contributed by atoms with Crippen LogP contribution in [0, 0.1) is 12.5 Å². The zero-order valence-corrected chi connectivity index (χ0v) is 17.5. The average molecular weight is 454 g/mol. The molecule has 2 atom stereocenters. The molecule has 1 saturated heterocycles. The minimum atomic E-state index is -4.65. The molecule has 2 unspecified atom stereocenters. The van der Waals surface area contributed by atoms with E-state index in [1.54, 1.807) is 35.5 Å². The minimum absolute atomic E-state index is 0.0877. The van der Waals surface area contributed by atoms with Crippen LogP contribution in [0.15, 0.2) is 59.7 Å². The molecule has 0 aromatic heterocycles. The van der Waals surface area contributed by atoms with E-state index in [1.165, 1.54) is 24.3 Å². The van der Waals surface area contributed by atoms with Crippen LogP contribution >= 0.6 is 0 Å². The summed E-state index contributed by atoms with van der Waals surface area (Å²) < 4.78 is 40.5. The van der Waals surface area contributed by atoms with Gasteiger partial charge in [-0.1, -0.05) is 18.6 Å². The maximum atomic E-state index is 13.5. The number of carbonyl (C=O) groups is 1. The summed E-state index contributed by atoms with van der Waals surface area (Å²) in [5.41, 5.74) is -1.39. The van der Waals surface area contributed by atoms with Gasteiger partial charge in [0.25, 0.3) is 0 Å². The van der Waals surface area contributed by atoms with Crippen molar-refractivity contribution in [3.05, 3.63) is 71.4 Å². The van der Waals surface area contributed by atoms with Crippen molar-refractivity contribution in [1.82, 2.24) is 10.2 Å². The van der Waals surface area contributed by atoms with Gasteiger partial charge in [0, 0.05) is 54.9 Å². The van der Waals surface area contributed by atoms with Crippen LogP contribution in [0.4, 0.5) is 18.9 Å². The summed E-state index contributed by atoms with van der Waals surface area (Å²) in [7, 11) is 0. The maximum absolute atomic E-state index is 13.5. The van der Waals surface area contributed by atoms with Crippen LogP contribution in [0.1, 0.15) is 21.5 Å². The number of aromatic hydroxyl groups is 1. The molecule has 2 N–H and O–H groups in total. The molecule has 170 valence electrons. The summed E-state index contributed by atoms with van der Waals surface area (Å²) in [6, 6.07) is 12.4. The van der Waals surface area contributed by atoms with Crippen molar-refractivity contribution < 1.29 is 23.1 Å². The Morgan fingerprint density at radius 1 is 1.24 bits per heavy atom. The molecule has 2 aliphatic rings. The predicted molar refractivity (Wildman–Crippen MR) is 119 cm³/mol. The number of hydrogen-bond acceptors (Lipinski definition) is 6. The van der Waals surface area contributed by atoms with Crippen LogP contribution in [-0.2, 0) is 11.8 Å². The zero-order chi connectivity index (χ0) is 23.6. The van der Waals surface area contributed by atoms with E-state index >= 15 is 0 Å². The first-order valence-corrected chi connectivity index (χ1v) is 10.2. The monoisotopic (exact) mass is 454 g/mol. The maximum Gasteiger partial charge on any atom is 0.417 e. The summed E-state index contributed by atoms with van der Waals surface area (Å²) in [5, 5.41) is 13.2. The van der Waals surface area contributed by atoms with Crippen LogP contribution in [0.5, 0.6) is 5.75 Å². The van der Waals surface area contributed by atoms with Gasteiger partial charge in [-0.05, 0) is 36.4 Å². The first kappa shape index (κ1) is 22.4. The number of piperazine rings is 1. The fourth-order valence-electron chi connectivity index (χ4n) is 4.32. The van der Waals surface area contributed by atoms with E-state index < -0.39 is 29.0 Å². The second-order valence-corrected chi connectivity index (χ2v) is 7.73. The molecule has 0 radical (unpaired) electrons. The van der Waals surface area contributed by atoms with Gasteiger partial charge in [0.2, 0.25) is 0 Å². The lowest BCUT2D eigenvalue weighted by atomic mass is 9.87. The van der Waals surface area contributed by atoms with E-state index in [2.05, 4.69) is 11.4 Å². The molecule has 1 fully saturated rings. The number of hydrogen-bond donors (Lipinski definition) is 2. The third-order valence-corrected chi connectivity index (χ3v) is 5.89. The molecule has 4 rings (SSSR count). The van der Waals surface area contributed by atoms with E-state index in [0.29, 0.717) is 30.9 Å². The highest BCUT2D eigenvalue weighted by Gasteiger charge is 2.47. The molecule has 2 heterocycles. The highest BCUT2D eigenvalue weighted by Crippen LogP contribution is 2.39. The van der Waals surface area contributed by atoms with Crippen LogP contribution in [0.2, 0.25) is 0 Å². The number of benzene rings is 2. The van der Waals surface area contributed by atoms with E-state index in [1.807, 2.05) is 4.90 Å². The smallest absolute Gasteiger partial charge is 0.417 e. The molecule has 9 heteroatoms. The summed E-state index contributed by atoms with van der Waals surface area (Å²) in [5.74, 6) is 0.0877. The zero-order valence-electron chi connectivity index (χ0n) is 17.5. The first-order valence-electron chi connectivity index (χ1n) is 10.2. The molecule has 0 amide bonds. The number of nitrogens with one attached hydrogen (secondary N) is 1. The van der Waals surface area contributed by atoms with Gasteiger partial charge in [0.1, 0.15) is 5.75 Å². The van der Waals surface area contributed by atoms with Gasteiger partial charge in [0.05, 0.1) is 11.6 Å². The number of alkyl halides is 3. The van der Waals surface area contributed by atoms with Crippen LogP contribution in [0.3, 0.4) is 0 Å². The SMILES string of the molecule is C#CN1C=CC=NC1(c1ccc(O)cc1)C1CN(c2ccc(C=O)c(C(F)(F)F)c2)CCN1. The second-order valence-electron chi connectivity index (χ2n) is 7.73. The van der Waals surface area contributed by atoms with Crippen LogP contribution in [-0.4, -0.2) is 48.2 Å². The number of terminal acetylenes is 1. The van der Waals surface area contributed by atoms with Crippen molar-refractivity contribution in [2.24, 2.45) is 4.99 Å². The van der Waals surface area contributed by atoms with E-state index in [4.69, 9.17) is 11.4 Å². The number of anilines is 1. The Bertz CT molecular complexity index is 1140. The second kappa shape index (κ2) is 8.64. The van der Waals surface area contributed by atoms with Gasteiger partial charge in [0.15, 0.2) is 11.9 Å². The molecule has 0 spiro atoms. The first-order chi connectivity index (χ1) is 15.8. The van der Waals surface area contributed by atoms with Gasteiger partial charge in [-0.3, -0.25) is 14.7 Å². The molecular formula is C24H21F3N4O2. The quantitative estimate of drug-likeness (QED) is 0.548. The normalized spacial score (nSPS) is 22.8. The molecular weight excluding hydrogens is 433 g/mol. The van der Waals surface area contributed by atoms with Gasteiger partial charge in [-0.15, -0.1) is 0 Å². The van der Waals surface area contributed by atoms with Crippen molar-refractivity contribution >= 4 is 18.2 Å². The molecule has 0 aliphatic carbocycles. The standard InChI is InChI=1S/C24H21F3N4O2/c1-2-31-12-3-10-29-23(31,18-5-8-20(33)9-6-18)22-15-30(13-11-28-22)19-7-4-17(16-32)21(14-19)24(25,26)27/h1,3-10,12,14,16,22,28,33H,11,13,15H2. The van der Waals surface area contributed by atoms with Crippen molar-refractivity contribution in [3.8, 4) is 18.2 Å². The largest absolute Gasteiger partial charge is 0.508 e.